The highest BCUT2D eigenvalue weighted by atomic mass is 16.4. The van der Waals surface area contributed by atoms with E-state index in [2.05, 4.69) is 0 Å². The summed E-state index contributed by atoms with van der Waals surface area (Å²) >= 11 is 0. The van der Waals surface area contributed by atoms with Crippen LogP contribution in [0.4, 0.5) is 0 Å². The fraction of sp³-hybridized carbons (Fsp3) is 0.500. The lowest BCUT2D eigenvalue weighted by molar-refractivity contribution is -0.131. The van der Waals surface area contributed by atoms with Crippen molar-refractivity contribution < 1.29 is 20.1 Å². The quantitative estimate of drug-likeness (QED) is 0.432. The summed E-state index contributed by atoms with van der Waals surface area (Å²) in [6.45, 7) is 1.72. The maximum Gasteiger partial charge on any atom is 0.328 e. The van der Waals surface area contributed by atoms with Gasteiger partial charge in [-0.15, -0.1) is 0 Å². The Labute approximate surface area is 83.2 Å². The number of rotatable bonds is 6. The second-order valence-electron chi connectivity index (χ2n) is 3.04. The Morgan fingerprint density at radius 2 is 2.00 bits per heavy atom. The Morgan fingerprint density at radius 3 is 2.43 bits per heavy atom. The number of hydrogen-bond acceptors (Lipinski definition) is 3. The lowest BCUT2D eigenvalue weighted by atomic mass is 10.0. The molecule has 0 aromatic carbocycles. The van der Waals surface area contributed by atoms with Crippen LogP contribution in [0.15, 0.2) is 23.8 Å². The molecule has 0 saturated carbocycles. The van der Waals surface area contributed by atoms with Crippen LogP contribution in [0.25, 0.3) is 0 Å². The number of hydrogen-bond donors (Lipinski definition) is 3. The van der Waals surface area contributed by atoms with Gasteiger partial charge in [0.25, 0.3) is 0 Å². The first-order chi connectivity index (χ1) is 6.60. The molecule has 0 aliphatic heterocycles. The maximum atomic E-state index is 10.2. The molecule has 4 heteroatoms. The van der Waals surface area contributed by atoms with Crippen molar-refractivity contribution in [2.45, 2.75) is 13.3 Å². The van der Waals surface area contributed by atoms with Crippen molar-refractivity contribution in [1.82, 2.24) is 0 Å². The number of carboxylic acids is 1. The van der Waals surface area contributed by atoms with Crippen molar-refractivity contribution in [2.75, 3.05) is 13.2 Å². The van der Waals surface area contributed by atoms with Crippen LogP contribution >= 0.6 is 0 Å². The number of aliphatic hydroxyl groups is 2. The van der Waals surface area contributed by atoms with E-state index in [1.54, 1.807) is 13.0 Å². The molecule has 1 atom stereocenters. The minimum Gasteiger partial charge on any atom is -0.478 e. The van der Waals surface area contributed by atoms with Gasteiger partial charge in [-0.3, -0.25) is 0 Å². The molecule has 1 unspecified atom stereocenters. The van der Waals surface area contributed by atoms with E-state index in [-0.39, 0.29) is 19.1 Å². The molecule has 0 aliphatic carbocycles. The van der Waals surface area contributed by atoms with Crippen LogP contribution in [0.1, 0.15) is 13.3 Å². The van der Waals surface area contributed by atoms with Crippen molar-refractivity contribution in [3.05, 3.63) is 23.8 Å². The predicted octanol–water partition coefficient (Wildman–Crippen LogP) is 0.564. The van der Waals surface area contributed by atoms with Gasteiger partial charge in [0.15, 0.2) is 0 Å². The molecular formula is C10H16O4. The fourth-order valence-corrected chi connectivity index (χ4v) is 1.02. The van der Waals surface area contributed by atoms with Crippen LogP contribution in [0.3, 0.4) is 0 Å². The first-order valence-electron chi connectivity index (χ1n) is 4.41. The SMILES string of the molecule is CC(/C=C/C(=O)O)=C\C(CO)CCO. The summed E-state index contributed by atoms with van der Waals surface area (Å²) in [5.41, 5.74) is 0.764. The van der Waals surface area contributed by atoms with Gasteiger partial charge in [-0.05, 0) is 13.3 Å². The van der Waals surface area contributed by atoms with E-state index in [0.29, 0.717) is 6.42 Å². The molecule has 4 nitrogen and oxygen atoms in total. The second-order valence-corrected chi connectivity index (χ2v) is 3.04. The van der Waals surface area contributed by atoms with Gasteiger partial charge in [0.05, 0.1) is 0 Å². The van der Waals surface area contributed by atoms with E-state index < -0.39 is 5.97 Å². The molecule has 0 aromatic heterocycles. The zero-order chi connectivity index (χ0) is 11.0. The van der Waals surface area contributed by atoms with E-state index in [1.165, 1.54) is 6.08 Å². The topological polar surface area (TPSA) is 77.8 Å². The molecule has 80 valence electrons. The zero-order valence-corrected chi connectivity index (χ0v) is 8.18. The lowest BCUT2D eigenvalue weighted by Crippen LogP contribution is -2.05. The van der Waals surface area contributed by atoms with E-state index in [1.807, 2.05) is 0 Å². The highest BCUT2D eigenvalue weighted by Gasteiger charge is 2.02. The Balaban J connectivity index is 4.24. The third kappa shape index (κ3) is 6.39. The minimum absolute atomic E-state index is 0.0116. The monoisotopic (exact) mass is 200 g/mol. The van der Waals surface area contributed by atoms with Crippen LogP contribution in [-0.2, 0) is 4.79 Å². The first kappa shape index (κ1) is 12.9. The van der Waals surface area contributed by atoms with E-state index in [0.717, 1.165) is 11.6 Å². The van der Waals surface area contributed by atoms with Gasteiger partial charge in [-0.2, -0.15) is 0 Å². The molecule has 3 N–H and O–H groups in total. The van der Waals surface area contributed by atoms with Gasteiger partial charge in [-0.25, -0.2) is 4.79 Å². The van der Waals surface area contributed by atoms with Gasteiger partial charge in [0, 0.05) is 25.2 Å². The smallest absolute Gasteiger partial charge is 0.328 e. The molecule has 0 saturated heterocycles. The number of aliphatic carboxylic acids is 1. The molecule has 0 aromatic rings. The average Bonchev–Trinajstić information content (AvgIpc) is 2.14. The van der Waals surface area contributed by atoms with Crippen molar-refractivity contribution in [1.29, 1.82) is 0 Å². The van der Waals surface area contributed by atoms with Gasteiger partial charge >= 0.3 is 5.97 Å². The highest BCUT2D eigenvalue weighted by Crippen LogP contribution is 2.08. The fourth-order valence-electron chi connectivity index (χ4n) is 1.02. The predicted molar refractivity (Wildman–Crippen MR) is 52.8 cm³/mol. The van der Waals surface area contributed by atoms with Crippen molar-refractivity contribution >= 4 is 5.97 Å². The van der Waals surface area contributed by atoms with Crippen molar-refractivity contribution in [3.8, 4) is 0 Å². The Morgan fingerprint density at radius 1 is 1.36 bits per heavy atom. The molecule has 0 spiro atoms. The zero-order valence-electron chi connectivity index (χ0n) is 8.18. The molecule has 0 aliphatic rings. The van der Waals surface area contributed by atoms with Gasteiger partial charge < -0.3 is 15.3 Å². The molecule has 0 bridgehead atoms. The summed E-state index contributed by atoms with van der Waals surface area (Å²) < 4.78 is 0. The van der Waals surface area contributed by atoms with Gasteiger partial charge in [0.2, 0.25) is 0 Å². The number of allylic oxidation sites excluding steroid dienone is 2. The summed E-state index contributed by atoms with van der Waals surface area (Å²) in [5.74, 6) is -1.11. The Hall–Kier alpha value is -1.13. The van der Waals surface area contributed by atoms with Crippen molar-refractivity contribution in [2.24, 2.45) is 5.92 Å². The summed E-state index contributed by atoms with van der Waals surface area (Å²) in [6.07, 6.45) is 4.73. The molecule has 0 rings (SSSR count). The summed E-state index contributed by atoms with van der Waals surface area (Å²) in [6, 6.07) is 0. The standard InChI is InChI=1S/C10H16O4/c1-8(2-3-10(13)14)6-9(7-12)4-5-11/h2-3,6,9,11-12H,4-5,7H2,1H3,(H,13,14)/b3-2+,8-6+. The van der Waals surface area contributed by atoms with Crippen molar-refractivity contribution in [3.63, 3.8) is 0 Å². The second kappa shape index (κ2) is 7.29. The van der Waals surface area contributed by atoms with Crippen LogP contribution in [0.2, 0.25) is 0 Å². The third-order valence-corrected chi connectivity index (χ3v) is 1.72. The summed E-state index contributed by atoms with van der Waals surface area (Å²) in [5, 5.41) is 25.9. The average molecular weight is 200 g/mol. The number of carboxylic acid groups (broad SMARTS) is 1. The number of aliphatic hydroxyl groups excluding tert-OH is 2. The molecule has 0 radical (unpaired) electrons. The highest BCUT2D eigenvalue weighted by molar-refractivity contribution is 5.80. The first-order valence-corrected chi connectivity index (χ1v) is 4.41. The Kier molecular flexibility index (Phi) is 6.70. The van der Waals surface area contributed by atoms with Gasteiger partial charge in [0.1, 0.15) is 0 Å². The largest absolute Gasteiger partial charge is 0.478 e. The van der Waals surface area contributed by atoms with Crippen LogP contribution < -0.4 is 0 Å². The molecule has 14 heavy (non-hydrogen) atoms. The Bertz CT molecular complexity index is 230. The summed E-state index contributed by atoms with van der Waals surface area (Å²) in [7, 11) is 0. The lowest BCUT2D eigenvalue weighted by Gasteiger charge is -2.07. The normalized spacial score (nSPS) is 14.6. The van der Waals surface area contributed by atoms with Crippen LogP contribution in [-0.4, -0.2) is 34.5 Å². The molecular weight excluding hydrogens is 184 g/mol. The third-order valence-electron chi connectivity index (χ3n) is 1.72. The molecule has 0 amide bonds. The van der Waals surface area contributed by atoms with E-state index in [4.69, 9.17) is 15.3 Å². The van der Waals surface area contributed by atoms with Gasteiger partial charge in [-0.1, -0.05) is 17.7 Å². The van der Waals surface area contributed by atoms with Crippen LogP contribution in [0.5, 0.6) is 0 Å². The molecule has 0 heterocycles. The summed E-state index contributed by atoms with van der Waals surface area (Å²) in [4.78, 5) is 10.2. The number of carbonyl (C=O) groups is 1. The van der Waals surface area contributed by atoms with E-state index in [9.17, 15) is 4.79 Å². The minimum atomic E-state index is -1.000. The maximum absolute atomic E-state index is 10.2. The van der Waals surface area contributed by atoms with Crippen LogP contribution in [0, 0.1) is 5.92 Å². The van der Waals surface area contributed by atoms with E-state index >= 15 is 0 Å². The molecule has 0 fully saturated rings.